The van der Waals surface area contributed by atoms with Gasteiger partial charge in [-0.05, 0) is 24.3 Å². The summed E-state index contributed by atoms with van der Waals surface area (Å²) in [5.41, 5.74) is 0.967. The van der Waals surface area contributed by atoms with E-state index in [1.54, 1.807) is 0 Å². The molecule has 2 aromatic rings. The summed E-state index contributed by atoms with van der Waals surface area (Å²) in [6.45, 7) is 0. The maximum absolute atomic E-state index is 12.4. The summed E-state index contributed by atoms with van der Waals surface area (Å²) in [5.74, 6) is -1.40. The van der Waals surface area contributed by atoms with Gasteiger partial charge in [0.15, 0.2) is 9.90 Å². The Labute approximate surface area is 118 Å². The minimum Gasteiger partial charge on any atom is -0.508 e. The highest BCUT2D eigenvalue weighted by Crippen LogP contribution is 2.28. The first-order chi connectivity index (χ1) is 9.34. The molecule has 2 N–H and O–H groups in total. The molecule has 106 valence electrons. The SMILES string of the molecule is CN(c1ccc(O)cc1)S(=O)(=O)c1scnc1C(=O)O. The van der Waals surface area contributed by atoms with Gasteiger partial charge in [-0.15, -0.1) is 11.3 Å². The Bertz CT molecular complexity index is 736. The summed E-state index contributed by atoms with van der Waals surface area (Å²) >= 11 is 0.740. The van der Waals surface area contributed by atoms with Crippen molar-refractivity contribution in [3.8, 4) is 5.75 Å². The molecule has 0 radical (unpaired) electrons. The van der Waals surface area contributed by atoms with Gasteiger partial charge in [-0.2, -0.15) is 0 Å². The lowest BCUT2D eigenvalue weighted by atomic mass is 10.3. The number of phenols is 1. The molecule has 0 aliphatic carbocycles. The number of carboxylic acid groups (broad SMARTS) is 1. The highest BCUT2D eigenvalue weighted by atomic mass is 32.2. The second kappa shape index (κ2) is 5.10. The summed E-state index contributed by atoms with van der Waals surface area (Å²) in [5, 5.41) is 18.1. The lowest BCUT2D eigenvalue weighted by Crippen LogP contribution is -2.27. The highest BCUT2D eigenvalue weighted by Gasteiger charge is 2.29. The first kappa shape index (κ1) is 14.3. The van der Waals surface area contributed by atoms with Gasteiger partial charge in [-0.1, -0.05) is 0 Å². The van der Waals surface area contributed by atoms with E-state index >= 15 is 0 Å². The Morgan fingerprint density at radius 1 is 1.30 bits per heavy atom. The normalized spacial score (nSPS) is 11.2. The third-order valence-corrected chi connectivity index (χ3v) is 5.68. The average molecular weight is 314 g/mol. The van der Waals surface area contributed by atoms with Gasteiger partial charge in [-0.25, -0.2) is 18.2 Å². The number of phenolic OH excluding ortho intramolecular Hbond substituents is 1. The number of rotatable bonds is 4. The molecule has 2 rings (SSSR count). The Morgan fingerprint density at radius 3 is 2.45 bits per heavy atom. The first-order valence-corrected chi connectivity index (χ1v) is 7.60. The van der Waals surface area contributed by atoms with E-state index in [-0.39, 0.29) is 9.96 Å². The number of anilines is 1. The van der Waals surface area contributed by atoms with Crippen LogP contribution in [-0.4, -0.2) is 36.6 Å². The molecular weight excluding hydrogens is 304 g/mol. The van der Waals surface area contributed by atoms with Gasteiger partial charge in [-0.3, -0.25) is 4.31 Å². The minimum atomic E-state index is -4.01. The van der Waals surface area contributed by atoms with Crippen molar-refractivity contribution in [2.24, 2.45) is 0 Å². The second-order valence-corrected chi connectivity index (χ2v) is 6.80. The standard InChI is InChI=1S/C11H10N2O5S2/c1-13(7-2-4-8(14)5-3-7)20(17,18)11-9(10(15)16)12-6-19-11/h2-6,14H,1H3,(H,15,16). The van der Waals surface area contributed by atoms with Crippen LogP contribution in [0.1, 0.15) is 10.5 Å². The quantitative estimate of drug-likeness (QED) is 0.882. The molecule has 0 amide bonds. The van der Waals surface area contributed by atoms with Gasteiger partial charge >= 0.3 is 5.97 Å². The van der Waals surface area contributed by atoms with Gasteiger partial charge in [0.25, 0.3) is 10.0 Å². The molecule has 1 aromatic carbocycles. The highest BCUT2D eigenvalue weighted by molar-refractivity contribution is 7.94. The molecule has 0 fully saturated rings. The maximum Gasteiger partial charge on any atom is 0.356 e. The van der Waals surface area contributed by atoms with Crippen molar-refractivity contribution in [1.82, 2.24) is 4.98 Å². The van der Waals surface area contributed by atoms with Crippen LogP contribution in [0, 0.1) is 0 Å². The van der Waals surface area contributed by atoms with Gasteiger partial charge in [0.05, 0.1) is 11.2 Å². The zero-order valence-electron chi connectivity index (χ0n) is 10.2. The largest absolute Gasteiger partial charge is 0.508 e. The third-order valence-electron chi connectivity index (χ3n) is 2.55. The lowest BCUT2D eigenvalue weighted by molar-refractivity contribution is 0.0687. The molecule has 0 aliphatic heterocycles. The Balaban J connectivity index is 2.47. The number of aromatic carboxylic acids is 1. The number of hydrogen-bond acceptors (Lipinski definition) is 6. The zero-order chi connectivity index (χ0) is 14.9. The van der Waals surface area contributed by atoms with E-state index in [9.17, 15) is 18.3 Å². The third kappa shape index (κ3) is 2.45. The van der Waals surface area contributed by atoms with E-state index in [0.29, 0.717) is 5.69 Å². The summed E-state index contributed by atoms with van der Waals surface area (Å²) in [4.78, 5) is 14.5. The van der Waals surface area contributed by atoms with Gasteiger partial charge in [0, 0.05) is 7.05 Å². The van der Waals surface area contributed by atoms with Crippen molar-refractivity contribution in [3.63, 3.8) is 0 Å². The number of nitrogens with zero attached hydrogens (tertiary/aromatic N) is 2. The van der Waals surface area contributed by atoms with E-state index in [4.69, 9.17) is 5.11 Å². The summed E-state index contributed by atoms with van der Waals surface area (Å²) in [6, 6.07) is 5.50. The molecular formula is C11H10N2O5S2. The van der Waals surface area contributed by atoms with Gasteiger partial charge in [0.1, 0.15) is 5.75 Å². The lowest BCUT2D eigenvalue weighted by Gasteiger charge is -2.18. The van der Waals surface area contributed by atoms with Crippen LogP contribution in [0.2, 0.25) is 0 Å². The van der Waals surface area contributed by atoms with Crippen molar-refractivity contribution in [2.45, 2.75) is 4.21 Å². The summed E-state index contributed by atoms with van der Waals surface area (Å²) in [7, 11) is -2.71. The molecule has 9 heteroatoms. The average Bonchev–Trinajstić information content (AvgIpc) is 2.89. The molecule has 0 aliphatic rings. The van der Waals surface area contributed by atoms with E-state index in [2.05, 4.69) is 4.98 Å². The molecule has 20 heavy (non-hydrogen) atoms. The topological polar surface area (TPSA) is 108 Å². The predicted octanol–water partition coefficient (Wildman–Crippen LogP) is 1.37. The zero-order valence-corrected chi connectivity index (χ0v) is 11.8. The monoisotopic (exact) mass is 314 g/mol. The Kier molecular flexibility index (Phi) is 3.64. The smallest absolute Gasteiger partial charge is 0.356 e. The van der Waals surface area contributed by atoms with Gasteiger partial charge in [0.2, 0.25) is 0 Å². The van der Waals surface area contributed by atoms with Crippen molar-refractivity contribution >= 4 is 33.0 Å². The van der Waals surface area contributed by atoms with Crippen LogP contribution in [0.5, 0.6) is 5.75 Å². The second-order valence-electron chi connectivity index (χ2n) is 3.78. The number of sulfonamides is 1. The van der Waals surface area contributed by atoms with Crippen LogP contribution in [0.25, 0.3) is 0 Å². The molecule has 0 saturated carbocycles. The maximum atomic E-state index is 12.4. The number of carboxylic acids is 1. The van der Waals surface area contributed by atoms with Crippen LogP contribution < -0.4 is 4.31 Å². The Morgan fingerprint density at radius 2 is 1.90 bits per heavy atom. The fraction of sp³-hybridized carbons (Fsp3) is 0.0909. The van der Waals surface area contributed by atoms with Crippen molar-refractivity contribution in [2.75, 3.05) is 11.4 Å². The van der Waals surface area contributed by atoms with Crippen molar-refractivity contribution in [3.05, 3.63) is 35.5 Å². The molecule has 1 heterocycles. The number of carbonyl (C=O) groups is 1. The van der Waals surface area contributed by atoms with Crippen LogP contribution in [0.4, 0.5) is 5.69 Å². The Hall–Kier alpha value is -2.13. The van der Waals surface area contributed by atoms with Crippen LogP contribution in [-0.2, 0) is 10.0 Å². The number of benzene rings is 1. The predicted molar refractivity (Wildman–Crippen MR) is 72.8 cm³/mol. The van der Waals surface area contributed by atoms with E-state index < -0.39 is 21.7 Å². The van der Waals surface area contributed by atoms with Crippen molar-refractivity contribution in [1.29, 1.82) is 0 Å². The fourth-order valence-corrected chi connectivity index (χ4v) is 3.98. The van der Waals surface area contributed by atoms with E-state index in [1.807, 2.05) is 0 Å². The van der Waals surface area contributed by atoms with Crippen LogP contribution in [0.15, 0.2) is 34.0 Å². The first-order valence-electron chi connectivity index (χ1n) is 5.29. The summed E-state index contributed by atoms with van der Waals surface area (Å²) < 4.78 is 25.4. The molecule has 0 atom stereocenters. The summed E-state index contributed by atoms with van der Waals surface area (Å²) in [6.07, 6.45) is 0. The minimum absolute atomic E-state index is 0.00330. The van der Waals surface area contributed by atoms with Gasteiger partial charge < -0.3 is 10.2 Å². The molecule has 7 nitrogen and oxygen atoms in total. The molecule has 0 spiro atoms. The molecule has 0 saturated heterocycles. The number of thiazole rings is 1. The molecule has 0 unspecified atom stereocenters. The van der Waals surface area contributed by atoms with Crippen LogP contribution in [0.3, 0.4) is 0 Å². The molecule has 1 aromatic heterocycles. The number of hydrogen-bond donors (Lipinski definition) is 2. The van der Waals surface area contributed by atoms with Crippen molar-refractivity contribution < 1.29 is 23.4 Å². The molecule has 0 bridgehead atoms. The van der Waals surface area contributed by atoms with E-state index in [1.165, 1.54) is 36.8 Å². The number of aromatic hydroxyl groups is 1. The fourth-order valence-electron chi connectivity index (χ4n) is 1.49. The van der Waals surface area contributed by atoms with Crippen LogP contribution >= 0.6 is 11.3 Å². The number of aromatic nitrogens is 1. The van der Waals surface area contributed by atoms with E-state index in [0.717, 1.165) is 15.6 Å².